The van der Waals surface area contributed by atoms with Crippen LogP contribution >= 0.6 is 12.2 Å². The largest absolute Gasteiger partial charge is 0.304 e. The van der Waals surface area contributed by atoms with Crippen LogP contribution in [0.2, 0.25) is 0 Å². The third-order valence-electron chi connectivity index (χ3n) is 3.25. The number of hydrogen-bond acceptors (Lipinski definition) is 2. The first-order valence-electron chi connectivity index (χ1n) is 6.00. The molecule has 16 heavy (non-hydrogen) atoms. The van der Waals surface area contributed by atoms with Crippen molar-refractivity contribution < 1.29 is 0 Å². The molecule has 1 N–H and O–H groups in total. The van der Waals surface area contributed by atoms with E-state index in [4.69, 9.17) is 12.2 Å². The molecule has 0 saturated heterocycles. The molecule has 1 heterocycles. The van der Waals surface area contributed by atoms with Crippen molar-refractivity contribution >= 4 is 12.2 Å². The summed E-state index contributed by atoms with van der Waals surface area (Å²) in [5.74, 6) is 1.68. The summed E-state index contributed by atoms with van der Waals surface area (Å²) in [6.45, 7) is 12.2. The van der Waals surface area contributed by atoms with Gasteiger partial charge in [0.05, 0.1) is 0 Å². The smallest absolute Gasteiger partial charge is 0.195 e. The van der Waals surface area contributed by atoms with Gasteiger partial charge in [0.15, 0.2) is 4.77 Å². The minimum absolute atomic E-state index is 0.310. The lowest BCUT2D eigenvalue weighted by Crippen LogP contribution is -2.21. The zero-order valence-electron chi connectivity index (χ0n) is 11.0. The molecule has 1 rings (SSSR count). The van der Waals surface area contributed by atoms with E-state index < -0.39 is 0 Å². The number of H-pyrrole nitrogens is 1. The minimum atomic E-state index is 0.310. The highest BCUT2D eigenvalue weighted by Crippen LogP contribution is 2.27. The normalized spacial score (nSPS) is 14.1. The second kappa shape index (κ2) is 5.13. The monoisotopic (exact) mass is 241 g/mol. The second-order valence-corrected chi connectivity index (χ2v) is 5.95. The summed E-state index contributed by atoms with van der Waals surface area (Å²) in [6.07, 6.45) is 2.07. The van der Waals surface area contributed by atoms with E-state index in [0.29, 0.717) is 11.3 Å². The topological polar surface area (TPSA) is 33.6 Å². The van der Waals surface area contributed by atoms with Gasteiger partial charge in [-0.3, -0.25) is 5.10 Å². The van der Waals surface area contributed by atoms with Crippen LogP contribution in [0.15, 0.2) is 0 Å². The third-order valence-corrected chi connectivity index (χ3v) is 3.56. The maximum absolute atomic E-state index is 5.23. The van der Waals surface area contributed by atoms with E-state index in [2.05, 4.69) is 49.4 Å². The van der Waals surface area contributed by atoms with Crippen LogP contribution in [-0.2, 0) is 13.0 Å². The third kappa shape index (κ3) is 3.17. The molecular weight excluding hydrogens is 218 g/mol. The molecule has 0 fully saturated rings. The van der Waals surface area contributed by atoms with Gasteiger partial charge in [-0.05, 0) is 30.0 Å². The van der Waals surface area contributed by atoms with Crippen molar-refractivity contribution in [1.29, 1.82) is 0 Å². The zero-order chi connectivity index (χ0) is 12.3. The van der Waals surface area contributed by atoms with E-state index in [9.17, 15) is 0 Å². The number of aromatic amines is 1. The molecule has 1 atom stereocenters. The Balaban J connectivity index is 2.85. The van der Waals surface area contributed by atoms with Crippen LogP contribution in [0.1, 0.15) is 46.9 Å². The van der Waals surface area contributed by atoms with Gasteiger partial charge in [0, 0.05) is 13.0 Å². The van der Waals surface area contributed by atoms with Crippen molar-refractivity contribution in [1.82, 2.24) is 14.8 Å². The summed E-state index contributed by atoms with van der Waals surface area (Å²) in [5.41, 5.74) is 0.310. The summed E-state index contributed by atoms with van der Waals surface area (Å²) < 4.78 is 2.87. The Morgan fingerprint density at radius 2 is 2.06 bits per heavy atom. The molecular formula is C12H23N3S. The summed E-state index contributed by atoms with van der Waals surface area (Å²) >= 11 is 5.23. The Hall–Kier alpha value is -0.640. The van der Waals surface area contributed by atoms with Crippen LogP contribution in [0.4, 0.5) is 0 Å². The molecule has 0 aliphatic rings. The van der Waals surface area contributed by atoms with E-state index in [1.807, 2.05) is 0 Å². The zero-order valence-corrected chi connectivity index (χ0v) is 11.8. The lowest BCUT2D eigenvalue weighted by molar-refractivity contribution is 0.254. The Bertz CT molecular complexity index is 384. The first kappa shape index (κ1) is 13.4. The van der Waals surface area contributed by atoms with Crippen molar-refractivity contribution in [2.75, 3.05) is 0 Å². The Kier molecular flexibility index (Phi) is 4.30. The first-order valence-corrected chi connectivity index (χ1v) is 6.41. The maximum atomic E-state index is 5.23. The van der Waals surface area contributed by atoms with Gasteiger partial charge in [0.25, 0.3) is 0 Å². The van der Waals surface area contributed by atoms with E-state index in [0.717, 1.165) is 30.0 Å². The van der Waals surface area contributed by atoms with Gasteiger partial charge >= 0.3 is 0 Å². The van der Waals surface area contributed by atoms with Crippen molar-refractivity contribution in [2.24, 2.45) is 11.3 Å². The van der Waals surface area contributed by atoms with Crippen molar-refractivity contribution in [3.63, 3.8) is 0 Å². The fourth-order valence-corrected chi connectivity index (χ4v) is 1.78. The van der Waals surface area contributed by atoms with Crippen LogP contribution in [0.3, 0.4) is 0 Å². The average Bonchev–Trinajstić information content (AvgIpc) is 2.49. The molecule has 92 valence electrons. The summed E-state index contributed by atoms with van der Waals surface area (Å²) in [6, 6.07) is 0. The quantitative estimate of drug-likeness (QED) is 0.818. The molecule has 0 aliphatic carbocycles. The van der Waals surface area contributed by atoms with Gasteiger partial charge < -0.3 is 4.57 Å². The summed E-state index contributed by atoms with van der Waals surface area (Å²) in [4.78, 5) is 0. The fourth-order valence-electron chi connectivity index (χ4n) is 1.54. The molecule has 0 bridgehead atoms. The SMILES string of the molecule is CCCn1c(CC(C)C(C)(C)C)n[nH]c1=S. The first-order chi connectivity index (χ1) is 7.36. The molecule has 1 aromatic heterocycles. The molecule has 1 aromatic rings. The van der Waals surface area contributed by atoms with E-state index >= 15 is 0 Å². The average molecular weight is 241 g/mol. The van der Waals surface area contributed by atoms with E-state index in [-0.39, 0.29) is 0 Å². The van der Waals surface area contributed by atoms with Gasteiger partial charge in [-0.2, -0.15) is 5.10 Å². The highest BCUT2D eigenvalue weighted by atomic mass is 32.1. The van der Waals surface area contributed by atoms with Gasteiger partial charge in [0.1, 0.15) is 5.82 Å². The van der Waals surface area contributed by atoms with E-state index in [1.54, 1.807) is 0 Å². The minimum Gasteiger partial charge on any atom is -0.304 e. The van der Waals surface area contributed by atoms with Crippen LogP contribution in [0.5, 0.6) is 0 Å². The lowest BCUT2D eigenvalue weighted by atomic mass is 9.80. The molecule has 1 unspecified atom stereocenters. The molecule has 3 nitrogen and oxygen atoms in total. The highest BCUT2D eigenvalue weighted by Gasteiger charge is 2.22. The molecule has 0 radical (unpaired) electrons. The van der Waals surface area contributed by atoms with E-state index in [1.165, 1.54) is 0 Å². The maximum Gasteiger partial charge on any atom is 0.195 e. The predicted octanol–water partition coefficient (Wildman–Crippen LogP) is 3.58. The van der Waals surface area contributed by atoms with Crippen LogP contribution < -0.4 is 0 Å². The second-order valence-electron chi connectivity index (χ2n) is 5.57. The number of rotatable bonds is 4. The predicted molar refractivity (Wildman–Crippen MR) is 70.0 cm³/mol. The van der Waals surface area contributed by atoms with Gasteiger partial charge in [-0.1, -0.05) is 34.6 Å². The molecule has 0 spiro atoms. The van der Waals surface area contributed by atoms with Crippen molar-refractivity contribution in [3.8, 4) is 0 Å². The lowest BCUT2D eigenvalue weighted by Gasteiger charge is -2.26. The summed E-state index contributed by atoms with van der Waals surface area (Å²) in [5, 5.41) is 7.23. The Morgan fingerprint density at radius 1 is 1.44 bits per heavy atom. The standard InChI is InChI=1S/C12H23N3S/c1-6-7-15-10(13-14-11(15)16)8-9(2)12(3,4)5/h9H,6-8H2,1-5H3,(H,14,16). The number of nitrogens with zero attached hydrogens (tertiary/aromatic N) is 2. The highest BCUT2D eigenvalue weighted by molar-refractivity contribution is 7.71. The van der Waals surface area contributed by atoms with Crippen molar-refractivity contribution in [2.45, 2.75) is 54.0 Å². The molecule has 0 saturated carbocycles. The summed E-state index contributed by atoms with van der Waals surface area (Å²) in [7, 11) is 0. The molecule has 0 amide bonds. The van der Waals surface area contributed by atoms with Crippen LogP contribution in [0.25, 0.3) is 0 Å². The van der Waals surface area contributed by atoms with Crippen LogP contribution in [0, 0.1) is 16.1 Å². The van der Waals surface area contributed by atoms with Gasteiger partial charge in [-0.25, -0.2) is 0 Å². The number of hydrogen-bond donors (Lipinski definition) is 1. The number of nitrogens with one attached hydrogen (secondary N) is 1. The van der Waals surface area contributed by atoms with Crippen molar-refractivity contribution in [3.05, 3.63) is 10.6 Å². The fraction of sp³-hybridized carbons (Fsp3) is 0.833. The molecule has 0 aromatic carbocycles. The molecule has 0 aliphatic heterocycles. The van der Waals surface area contributed by atoms with Gasteiger partial charge in [0.2, 0.25) is 0 Å². The number of aromatic nitrogens is 3. The van der Waals surface area contributed by atoms with Gasteiger partial charge in [-0.15, -0.1) is 0 Å². The van der Waals surface area contributed by atoms with Crippen LogP contribution in [-0.4, -0.2) is 14.8 Å². The Labute approximate surface area is 103 Å². The molecule has 4 heteroatoms. The Morgan fingerprint density at radius 3 is 2.56 bits per heavy atom.